The highest BCUT2D eigenvalue weighted by Crippen LogP contribution is 2.46. The minimum absolute atomic E-state index is 0.209. The molecule has 0 radical (unpaired) electrons. The van der Waals surface area contributed by atoms with Crippen molar-refractivity contribution in [1.29, 1.82) is 0 Å². The van der Waals surface area contributed by atoms with Gasteiger partial charge in [0, 0.05) is 35.6 Å². The number of allylic oxidation sites excluding steroid dienone is 28. The zero-order valence-corrected chi connectivity index (χ0v) is 33.7. The summed E-state index contributed by atoms with van der Waals surface area (Å²) in [5, 5.41) is 3.75. The Labute approximate surface area is 337 Å². The lowest BCUT2D eigenvalue weighted by Gasteiger charge is -2.35. The highest BCUT2D eigenvalue weighted by atomic mass is 14.9. The predicted octanol–water partition coefficient (Wildman–Crippen LogP) is 13.8. The van der Waals surface area contributed by atoms with Gasteiger partial charge in [0.15, 0.2) is 0 Å². The number of nitrogens with zero attached hydrogens (tertiary/aromatic N) is 1. The largest absolute Gasteiger partial charge is 0.382 e. The van der Waals surface area contributed by atoms with Crippen LogP contribution in [-0.4, -0.2) is 11.8 Å². The first-order valence-electron chi connectivity index (χ1n) is 21.6. The van der Waals surface area contributed by atoms with Gasteiger partial charge in [-0.2, -0.15) is 0 Å². The number of nitrogens with one attached hydrogen (secondary N) is 1. The molecule has 2 heteroatoms. The van der Waals surface area contributed by atoms with Gasteiger partial charge in [0.25, 0.3) is 0 Å². The highest BCUT2D eigenvalue weighted by molar-refractivity contribution is 5.99. The standard InChI is InChI=1S/C54H60N2/c1-4-17-52(43-19-7-5-8-20-43)55-37-53(44-21-9-6-10-22-44)56-39(3)40-28-30-41(31-29-40)48-25-13-11-18-38(2)54(48)45-34-32-42(33-35-45)51-36-46-23-12-14-24-47(46)49-26-15-16-27-50(49)51/h4,6-7,9-10,12,14-15,18-21,23-24,26,28,30,32-34,36-37,44-47,52,55H,1,5,8,11,13,16-17,22,25,27,29,31,35H2,2-3H3/b53-37+,56-39?. The first-order valence-corrected chi connectivity index (χ1v) is 21.6. The Morgan fingerprint density at radius 1 is 0.839 bits per heavy atom. The molecule has 0 fully saturated rings. The molecule has 1 N–H and O–H groups in total. The van der Waals surface area contributed by atoms with Gasteiger partial charge in [-0.1, -0.05) is 133 Å². The first kappa shape index (κ1) is 37.9. The zero-order valence-electron chi connectivity index (χ0n) is 33.7. The van der Waals surface area contributed by atoms with Gasteiger partial charge in [0.1, 0.15) is 0 Å². The molecule has 8 aliphatic rings. The normalized spacial score (nSPS) is 28.0. The third-order valence-electron chi connectivity index (χ3n) is 13.0. The zero-order chi connectivity index (χ0) is 38.3. The summed E-state index contributed by atoms with van der Waals surface area (Å²) >= 11 is 0. The van der Waals surface area contributed by atoms with Gasteiger partial charge < -0.3 is 5.32 Å². The van der Waals surface area contributed by atoms with Crippen LogP contribution in [0, 0.1) is 23.7 Å². The minimum Gasteiger partial charge on any atom is -0.382 e. The molecule has 8 rings (SSSR count). The van der Waals surface area contributed by atoms with Crippen LogP contribution in [0.1, 0.15) is 90.9 Å². The summed E-state index contributed by atoms with van der Waals surface area (Å²) in [6.07, 6.45) is 64.5. The van der Waals surface area contributed by atoms with E-state index in [4.69, 9.17) is 4.99 Å². The Bertz CT molecular complexity index is 2120. The fourth-order valence-electron chi connectivity index (χ4n) is 9.93. The second kappa shape index (κ2) is 17.9. The molecule has 2 nitrogen and oxygen atoms in total. The summed E-state index contributed by atoms with van der Waals surface area (Å²) in [6.45, 7) is 8.63. The van der Waals surface area contributed by atoms with E-state index >= 15 is 0 Å². The van der Waals surface area contributed by atoms with Gasteiger partial charge in [-0.05, 0) is 141 Å². The van der Waals surface area contributed by atoms with Crippen LogP contribution in [0.4, 0.5) is 0 Å². The van der Waals surface area contributed by atoms with Crippen molar-refractivity contribution in [3.8, 4) is 0 Å². The number of hydrogen-bond acceptors (Lipinski definition) is 2. The maximum atomic E-state index is 5.36. The molecule has 0 aromatic heterocycles. The van der Waals surface area contributed by atoms with Crippen molar-refractivity contribution in [3.63, 3.8) is 0 Å². The van der Waals surface area contributed by atoms with E-state index in [0.29, 0.717) is 17.8 Å². The highest BCUT2D eigenvalue weighted by Gasteiger charge is 2.31. The van der Waals surface area contributed by atoms with Crippen LogP contribution in [0.25, 0.3) is 0 Å². The Morgan fingerprint density at radius 3 is 2.52 bits per heavy atom. The van der Waals surface area contributed by atoms with Crippen molar-refractivity contribution >= 4 is 5.71 Å². The van der Waals surface area contributed by atoms with Gasteiger partial charge in [-0.15, -0.1) is 6.58 Å². The monoisotopic (exact) mass is 736 g/mol. The van der Waals surface area contributed by atoms with Gasteiger partial charge >= 0.3 is 0 Å². The third-order valence-corrected chi connectivity index (χ3v) is 13.0. The van der Waals surface area contributed by atoms with Gasteiger partial charge in [0.2, 0.25) is 0 Å². The van der Waals surface area contributed by atoms with Crippen LogP contribution >= 0.6 is 0 Å². The van der Waals surface area contributed by atoms with Crippen LogP contribution in [0.15, 0.2) is 207 Å². The summed E-state index contributed by atoms with van der Waals surface area (Å²) < 4.78 is 0. The molecular weight excluding hydrogens is 677 g/mol. The Morgan fingerprint density at radius 2 is 1.73 bits per heavy atom. The van der Waals surface area contributed by atoms with E-state index in [0.717, 1.165) is 82.0 Å². The lowest BCUT2D eigenvalue weighted by atomic mass is 9.69. The molecule has 0 heterocycles. The molecule has 56 heavy (non-hydrogen) atoms. The minimum atomic E-state index is 0.209. The molecular formula is C54H60N2. The molecule has 0 spiro atoms. The number of fused-ring (bicyclic) bond motifs is 2. The van der Waals surface area contributed by atoms with Crippen LogP contribution in [0.3, 0.4) is 0 Å². The van der Waals surface area contributed by atoms with Crippen molar-refractivity contribution in [2.75, 3.05) is 0 Å². The molecule has 0 saturated heterocycles. The van der Waals surface area contributed by atoms with Crippen molar-refractivity contribution in [2.45, 2.75) is 96.9 Å². The molecule has 0 amide bonds. The van der Waals surface area contributed by atoms with E-state index < -0.39 is 0 Å². The SMILES string of the molecule is C=CCC(N/C=C(/N=C(C)C1=CC=C(C2=C(C3C=CC(C4=CC5C=CC=CC5C5=C4CCC=C5)=CC3)C(C)=CCCC2)CC1)C1C=CC=CC1)C1=CCCC=C1. The fraction of sp³-hybridized carbons (Fsp3) is 0.352. The summed E-state index contributed by atoms with van der Waals surface area (Å²) in [4.78, 5) is 5.36. The van der Waals surface area contributed by atoms with Gasteiger partial charge in [0.05, 0.1) is 11.7 Å². The summed E-state index contributed by atoms with van der Waals surface area (Å²) in [5.41, 5.74) is 17.1. The van der Waals surface area contributed by atoms with Crippen LogP contribution in [-0.2, 0) is 0 Å². The van der Waals surface area contributed by atoms with E-state index in [2.05, 4.69) is 153 Å². The van der Waals surface area contributed by atoms with Crippen molar-refractivity contribution < 1.29 is 0 Å². The van der Waals surface area contributed by atoms with Crippen molar-refractivity contribution in [2.24, 2.45) is 28.7 Å². The average Bonchev–Trinajstić information content (AvgIpc) is 3.46. The Kier molecular flexibility index (Phi) is 12.1. The lowest BCUT2D eigenvalue weighted by molar-refractivity contribution is 0.613. The average molecular weight is 737 g/mol. The molecule has 0 aliphatic heterocycles. The molecule has 0 aromatic carbocycles. The molecule has 0 aromatic rings. The van der Waals surface area contributed by atoms with E-state index in [1.165, 1.54) is 45.4 Å². The molecule has 0 saturated carbocycles. The topological polar surface area (TPSA) is 24.4 Å². The van der Waals surface area contributed by atoms with Crippen LogP contribution < -0.4 is 5.32 Å². The molecule has 0 bridgehead atoms. The second-order valence-electron chi connectivity index (χ2n) is 16.6. The maximum absolute atomic E-state index is 5.36. The maximum Gasteiger partial charge on any atom is 0.0635 e. The summed E-state index contributed by atoms with van der Waals surface area (Å²) in [6, 6.07) is 0.209. The van der Waals surface area contributed by atoms with Crippen LogP contribution in [0.5, 0.6) is 0 Å². The molecule has 286 valence electrons. The van der Waals surface area contributed by atoms with Crippen molar-refractivity contribution in [1.82, 2.24) is 5.32 Å². The summed E-state index contributed by atoms with van der Waals surface area (Å²) in [5.74, 6) is 1.61. The van der Waals surface area contributed by atoms with E-state index in [-0.39, 0.29) is 12.0 Å². The molecule has 8 aliphatic carbocycles. The second-order valence-corrected chi connectivity index (χ2v) is 16.6. The van der Waals surface area contributed by atoms with Gasteiger partial charge in [-0.25, -0.2) is 0 Å². The number of rotatable bonds is 11. The Hall–Kier alpha value is -4.95. The Balaban J connectivity index is 1.04. The van der Waals surface area contributed by atoms with E-state index in [9.17, 15) is 0 Å². The lowest BCUT2D eigenvalue weighted by Crippen LogP contribution is -2.27. The quantitative estimate of drug-likeness (QED) is 0.166. The first-order chi connectivity index (χ1) is 27.6. The number of hydrogen-bond donors (Lipinski definition) is 1. The smallest absolute Gasteiger partial charge is 0.0635 e. The third kappa shape index (κ3) is 8.41. The van der Waals surface area contributed by atoms with E-state index in [1.807, 2.05) is 6.08 Å². The van der Waals surface area contributed by atoms with Crippen LogP contribution in [0.2, 0.25) is 0 Å². The predicted molar refractivity (Wildman–Crippen MR) is 240 cm³/mol. The van der Waals surface area contributed by atoms with Gasteiger partial charge in [-0.3, -0.25) is 4.99 Å². The number of aliphatic imine (C=N–C) groups is 1. The summed E-state index contributed by atoms with van der Waals surface area (Å²) in [7, 11) is 0. The van der Waals surface area contributed by atoms with Crippen molar-refractivity contribution in [3.05, 3.63) is 202 Å². The molecule has 5 unspecified atom stereocenters. The molecule has 5 atom stereocenters. The fourth-order valence-corrected chi connectivity index (χ4v) is 9.93. The van der Waals surface area contributed by atoms with E-state index in [1.54, 1.807) is 16.7 Å².